The average Bonchev–Trinajstić information content (AvgIpc) is 2.15. The monoisotopic (exact) mass is 255 g/mol. The summed E-state index contributed by atoms with van der Waals surface area (Å²) < 4.78 is -0.477. The summed E-state index contributed by atoms with van der Waals surface area (Å²) in [5.74, 6) is 0. The minimum Gasteiger partial charge on any atom is -0.504 e. The molecule has 92 valence electrons. The van der Waals surface area contributed by atoms with Crippen LogP contribution in [0.3, 0.4) is 0 Å². The fourth-order valence-corrected chi connectivity index (χ4v) is 3.21. The maximum Gasteiger partial charge on any atom is 0.279 e. The van der Waals surface area contributed by atoms with Gasteiger partial charge in [0.2, 0.25) is 0 Å². The Balaban J connectivity index is 3.13. The van der Waals surface area contributed by atoms with Crippen molar-refractivity contribution in [1.29, 1.82) is 0 Å². The predicted molar refractivity (Wildman–Crippen MR) is 63.9 cm³/mol. The van der Waals surface area contributed by atoms with Crippen molar-refractivity contribution in [2.24, 2.45) is 0 Å². The van der Waals surface area contributed by atoms with Crippen LogP contribution in [-0.4, -0.2) is 15.0 Å². The SMILES string of the molecule is CC(C)(C)[S+](C(=O)[O-])c1ccc([N+](=O)[O-])cc1. The number of carbonyl (C=O) groups is 1. The molecule has 0 heterocycles. The maximum atomic E-state index is 11.1. The van der Waals surface area contributed by atoms with Crippen molar-refractivity contribution >= 4 is 21.9 Å². The molecule has 1 unspecified atom stereocenters. The number of carbonyl (C=O) groups excluding carboxylic acids is 1. The van der Waals surface area contributed by atoms with Crippen molar-refractivity contribution < 1.29 is 14.8 Å². The topological polar surface area (TPSA) is 83.3 Å². The van der Waals surface area contributed by atoms with Crippen molar-refractivity contribution in [3.8, 4) is 0 Å². The molecule has 0 bridgehead atoms. The van der Waals surface area contributed by atoms with Gasteiger partial charge in [-0.05, 0) is 20.8 Å². The number of nitro groups is 1. The van der Waals surface area contributed by atoms with Crippen LogP contribution < -0.4 is 5.11 Å². The second kappa shape index (κ2) is 4.75. The third kappa shape index (κ3) is 3.20. The van der Waals surface area contributed by atoms with Crippen LogP contribution >= 0.6 is 0 Å². The van der Waals surface area contributed by atoms with E-state index < -0.39 is 25.9 Å². The number of nitrogens with zero attached hydrogens (tertiary/aromatic N) is 1. The van der Waals surface area contributed by atoms with Crippen molar-refractivity contribution in [3.63, 3.8) is 0 Å². The van der Waals surface area contributed by atoms with Gasteiger partial charge >= 0.3 is 0 Å². The smallest absolute Gasteiger partial charge is 0.279 e. The van der Waals surface area contributed by atoms with Crippen LogP contribution in [0.25, 0.3) is 0 Å². The molecule has 5 nitrogen and oxygen atoms in total. The van der Waals surface area contributed by atoms with Crippen LogP contribution in [0.4, 0.5) is 10.5 Å². The Morgan fingerprint density at radius 2 is 1.71 bits per heavy atom. The second-order valence-corrected chi connectivity index (χ2v) is 7.06. The number of benzene rings is 1. The Labute approximate surface area is 102 Å². The lowest BCUT2D eigenvalue weighted by Gasteiger charge is -2.20. The summed E-state index contributed by atoms with van der Waals surface area (Å²) in [4.78, 5) is 21.7. The molecule has 0 amide bonds. The number of rotatable bonds is 2. The molecule has 0 radical (unpaired) electrons. The van der Waals surface area contributed by atoms with E-state index in [0.29, 0.717) is 4.90 Å². The first-order chi connectivity index (χ1) is 7.73. The van der Waals surface area contributed by atoms with E-state index in [-0.39, 0.29) is 5.69 Å². The average molecular weight is 255 g/mol. The highest BCUT2D eigenvalue weighted by molar-refractivity contribution is 8.11. The van der Waals surface area contributed by atoms with E-state index in [1.54, 1.807) is 20.8 Å². The molecule has 0 aliphatic rings. The van der Waals surface area contributed by atoms with Gasteiger partial charge in [-0.3, -0.25) is 10.1 Å². The van der Waals surface area contributed by atoms with Crippen LogP contribution in [0, 0.1) is 10.1 Å². The van der Waals surface area contributed by atoms with Crippen molar-refractivity contribution in [2.75, 3.05) is 0 Å². The molecule has 0 saturated carbocycles. The van der Waals surface area contributed by atoms with Crippen LogP contribution in [-0.2, 0) is 10.9 Å². The van der Waals surface area contributed by atoms with Gasteiger partial charge in [-0.2, -0.15) is 0 Å². The van der Waals surface area contributed by atoms with Crippen LogP contribution in [0.2, 0.25) is 0 Å². The zero-order valence-corrected chi connectivity index (χ0v) is 10.6. The lowest BCUT2D eigenvalue weighted by atomic mass is 10.3. The van der Waals surface area contributed by atoms with Gasteiger partial charge < -0.3 is 9.90 Å². The van der Waals surface area contributed by atoms with Gasteiger partial charge in [-0.25, -0.2) is 0 Å². The number of carboxylic acid groups (broad SMARTS) is 1. The molecule has 0 N–H and O–H groups in total. The third-order valence-corrected chi connectivity index (χ3v) is 4.36. The molecule has 17 heavy (non-hydrogen) atoms. The van der Waals surface area contributed by atoms with Crippen molar-refractivity contribution in [2.45, 2.75) is 30.4 Å². The van der Waals surface area contributed by atoms with Gasteiger partial charge in [0.25, 0.3) is 11.0 Å². The lowest BCUT2D eigenvalue weighted by Crippen LogP contribution is -2.41. The summed E-state index contributed by atoms with van der Waals surface area (Å²) in [6.07, 6.45) is 0. The normalized spacial score (nSPS) is 13.1. The standard InChI is InChI=1S/C11H13NO4S/c1-11(2,3)17(10(13)14)9-6-4-8(5-7-9)12(15)16/h4-7H,1-3H3. The highest BCUT2D eigenvalue weighted by atomic mass is 32.2. The van der Waals surface area contributed by atoms with Crippen LogP contribution in [0.1, 0.15) is 20.8 Å². The molecule has 0 aromatic heterocycles. The Morgan fingerprint density at radius 3 is 2.00 bits per heavy atom. The first-order valence-corrected chi connectivity index (χ1v) is 6.16. The van der Waals surface area contributed by atoms with E-state index in [9.17, 15) is 20.0 Å². The van der Waals surface area contributed by atoms with E-state index in [4.69, 9.17) is 0 Å². The largest absolute Gasteiger partial charge is 0.504 e. The number of hydrogen-bond donors (Lipinski definition) is 0. The molecule has 0 aliphatic carbocycles. The molecule has 0 aliphatic heterocycles. The van der Waals surface area contributed by atoms with Crippen LogP contribution in [0.5, 0.6) is 0 Å². The number of non-ortho nitro benzene ring substituents is 1. The Morgan fingerprint density at radius 1 is 1.24 bits per heavy atom. The molecule has 1 rings (SSSR count). The fourth-order valence-electron chi connectivity index (χ4n) is 1.40. The van der Waals surface area contributed by atoms with E-state index in [1.807, 2.05) is 0 Å². The summed E-state index contributed by atoms with van der Waals surface area (Å²) in [7, 11) is -1.10. The van der Waals surface area contributed by atoms with Gasteiger partial charge in [0, 0.05) is 24.3 Å². The van der Waals surface area contributed by atoms with E-state index in [0.717, 1.165) is 0 Å². The minimum atomic E-state index is -1.15. The molecule has 1 aromatic rings. The maximum absolute atomic E-state index is 11.1. The molecular formula is C11H13NO4S. The van der Waals surface area contributed by atoms with Gasteiger partial charge in [0.1, 0.15) is 4.75 Å². The summed E-state index contributed by atoms with van der Waals surface area (Å²) in [6, 6.07) is 5.57. The van der Waals surface area contributed by atoms with Gasteiger partial charge in [-0.1, -0.05) is 0 Å². The zero-order valence-electron chi connectivity index (χ0n) is 9.80. The van der Waals surface area contributed by atoms with E-state index >= 15 is 0 Å². The molecule has 0 spiro atoms. The first kappa shape index (κ1) is 13.5. The Hall–Kier alpha value is -1.56. The van der Waals surface area contributed by atoms with E-state index in [2.05, 4.69) is 0 Å². The lowest BCUT2D eigenvalue weighted by molar-refractivity contribution is -0.384. The van der Waals surface area contributed by atoms with Gasteiger partial charge in [0.05, 0.1) is 15.8 Å². The number of hydrogen-bond acceptors (Lipinski definition) is 4. The van der Waals surface area contributed by atoms with Gasteiger partial charge in [-0.15, -0.1) is 0 Å². The summed E-state index contributed by atoms with van der Waals surface area (Å²) in [6.45, 7) is 5.40. The van der Waals surface area contributed by atoms with Crippen LogP contribution in [0.15, 0.2) is 29.2 Å². The van der Waals surface area contributed by atoms with Gasteiger partial charge in [0.15, 0.2) is 4.90 Å². The predicted octanol–water partition coefficient (Wildman–Crippen LogP) is 1.71. The Kier molecular flexibility index (Phi) is 3.77. The highest BCUT2D eigenvalue weighted by Crippen LogP contribution is 2.28. The highest BCUT2D eigenvalue weighted by Gasteiger charge is 2.39. The van der Waals surface area contributed by atoms with Crippen molar-refractivity contribution in [3.05, 3.63) is 34.4 Å². The van der Waals surface area contributed by atoms with E-state index in [1.165, 1.54) is 24.3 Å². The summed E-state index contributed by atoms with van der Waals surface area (Å²) >= 11 is 0. The second-order valence-electron chi connectivity index (χ2n) is 4.42. The quantitative estimate of drug-likeness (QED) is 0.457. The molecule has 1 atom stereocenters. The molecule has 0 saturated heterocycles. The summed E-state index contributed by atoms with van der Waals surface area (Å²) in [5, 5.41) is 20.5. The Bertz CT molecular complexity index is 436. The molecule has 0 fully saturated rings. The first-order valence-electron chi connectivity index (χ1n) is 4.93. The summed E-state index contributed by atoms with van der Waals surface area (Å²) in [5.41, 5.74) is -0.0513. The minimum absolute atomic E-state index is 0.0513. The third-order valence-electron chi connectivity index (χ3n) is 2.06. The molecule has 6 heteroatoms. The van der Waals surface area contributed by atoms with Crippen molar-refractivity contribution in [1.82, 2.24) is 0 Å². The molecule has 1 aromatic carbocycles. The number of nitro benzene ring substituents is 1. The zero-order chi connectivity index (χ0) is 13.2. The fraction of sp³-hybridized carbons (Fsp3) is 0.364. The molecular weight excluding hydrogens is 242 g/mol.